The second-order valence-electron chi connectivity index (χ2n) is 1.70. The van der Waals surface area contributed by atoms with Crippen LogP contribution in [0.3, 0.4) is 0 Å². The lowest BCUT2D eigenvalue weighted by molar-refractivity contribution is 0.614. The molecule has 0 spiro atoms. The predicted octanol–water partition coefficient (Wildman–Crippen LogP) is 2.48. The largest absolute Gasteiger partial charge is 0.426 e. The summed E-state index contributed by atoms with van der Waals surface area (Å²) in [6.45, 7) is 0. The first-order valence-corrected chi connectivity index (χ1v) is 3.94. The molecular formula is C7H7FOS. The van der Waals surface area contributed by atoms with Gasteiger partial charge in [0.2, 0.25) is 0 Å². The van der Waals surface area contributed by atoms with Gasteiger partial charge in [-0.3, -0.25) is 0 Å². The summed E-state index contributed by atoms with van der Waals surface area (Å²) in [5.74, 6) is 0.433. The fourth-order valence-electron chi connectivity index (χ4n) is 0.586. The van der Waals surface area contributed by atoms with Gasteiger partial charge in [0.05, 0.1) is 12.0 Å². The molecule has 3 heteroatoms. The lowest BCUT2D eigenvalue weighted by Crippen LogP contribution is -1.78. The summed E-state index contributed by atoms with van der Waals surface area (Å²) in [4.78, 5) is 0. The van der Waals surface area contributed by atoms with Crippen LogP contribution in [0.5, 0.6) is 5.75 Å². The van der Waals surface area contributed by atoms with Crippen molar-refractivity contribution in [3.8, 4) is 5.75 Å². The van der Waals surface area contributed by atoms with Gasteiger partial charge in [0.1, 0.15) is 11.6 Å². The van der Waals surface area contributed by atoms with Crippen molar-refractivity contribution >= 4 is 12.0 Å². The SMILES string of the molecule is CSOc1ccc(F)cc1. The zero-order valence-corrected chi connectivity index (χ0v) is 6.32. The molecule has 0 saturated carbocycles. The Morgan fingerprint density at radius 2 is 1.90 bits per heavy atom. The molecule has 0 aliphatic heterocycles. The van der Waals surface area contributed by atoms with Crippen LogP contribution in [0.4, 0.5) is 4.39 Å². The van der Waals surface area contributed by atoms with E-state index in [9.17, 15) is 4.39 Å². The third-order valence-electron chi connectivity index (χ3n) is 0.993. The maximum atomic E-state index is 12.3. The highest BCUT2D eigenvalue weighted by Crippen LogP contribution is 2.14. The molecule has 0 saturated heterocycles. The first-order valence-electron chi connectivity index (χ1n) is 2.79. The summed E-state index contributed by atoms with van der Waals surface area (Å²) in [6.07, 6.45) is 1.81. The fourth-order valence-corrected chi connectivity index (χ4v) is 0.890. The average molecular weight is 158 g/mol. The number of halogens is 1. The first-order chi connectivity index (χ1) is 4.83. The molecule has 0 N–H and O–H groups in total. The molecule has 0 amide bonds. The van der Waals surface area contributed by atoms with Gasteiger partial charge in [-0.25, -0.2) is 4.39 Å². The van der Waals surface area contributed by atoms with Crippen LogP contribution in [0, 0.1) is 5.82 Å². The van der Waals surface area contributed by atoms with E-state index in [4.69, 9.17) is 4.18 Å². The summed E-state index contributed by atoms with van der Waals surface area (Å²) >= 11 is 1.24. The summed E-state index contributed by atoms with van der Waals surface area (Å²) in [5.41, 5.74) is 0. The molecule has 0 unspecified atom stereocenters. The van der Waals surface area contributed by atoms with Crippen LogP contribution < -0.4 is 4.18 Å². The quantitative estimate of drug-likeness (QED) is 0.611. The Bertz CT molecular complexity index is 197. The van der Waals surface area contributed by atoms with Gasteiger partial charge in [0.15, 0.2) is 0 Å². The molecule has 0 aliphatic rings. The molecule has 0 aliphatic carbocycles. The van der Waals surface area contributed by atoms with Crippen molar-refractivity contribution in [2.45, 2.75) is 0 Å². The molecule has 10 heavy (non-hydrogen) atoms. The predicted molar refractivity (Wildman–Crippen MR) is 40.5 cm³/mol. The van der Waals surface area contributed by atoms with Crippen molar-refractivity contribution in [1.29, 1.82) is 0 Å². The minimum Gasteiger partial charge on any atom is -0.426 e. The van der Waals surface area contributed by atoms with Gasteiger partial charge in [-0.1, -0.05) is 0 Å². The van der Waals surface area contributed by atoms with E-state index >= 15 is 0 Å². The van der Waals surface area contributed by atoms with Gasteiger partial charge in [0.25, 0.3) is 0 Å². The molecule has 0 atom stereocenters. The van der Waals surface area contributed by atoms with Crippen molar-refractivity contribution in [3.05, 3.63) is 30.1 Å². The van der Waals surface area contributed by atoms with Gasteiger partial charge in [-0.2, -0.15) is 0 Å². The Labute approximate surface area is 63.4 Å². The first kappa shape index (κ1) is 7.41. The van der Waals surface area contributed by atoms with Crippen molar-refractivity contribution in [2.24, 2.45) is 0 Å². The second kappa shape index (κ2) is 3.46. The van der Waals surface area contributed by atoms with Crippen molar-refractivity contribution in [3.63, 3.8) is 0 Å². The lowest BCUT2D eigenvalue weighted by Gasteiger charge is -1.97. The molecule has 54 valence electrons. The summed E-state index contributed by atoms with van der Waals surface area (Å²) < 4.78 is 17.3. The third kappa shape index (κ3) is 1.92. The van der Waals surface area contributed by atoms with E-state index in [-0.39, 0.29) is 5.82 Å². The molecule has 0 aromatic heterocycles. The van der Waals surface area contributed by atoms with Crippen molar-refractivity contribution in [1.82, 2.24) is 0 Å². The summed E-state index contributed by atoms with van der Waals surface area (Å²) in [6, 6.07) is 5.91. The molecular weight excluding hydrogens is 151 g/mol. The Kier molecular flexibility index (Phi) is 2.57. The van der Waals surface area contributed by atoms with Crippen LogP contribution in [0.25, 0.3) is 0 Å². The van der Waals surface area contributed by atoms with Crippen LogP contribution in [0.15, 0.2) is 24.3 Å². The average Bonchev–Trinajstić information content (AvgIpc) is 1.95. The Morgan fingerprint density at radius 3 is 2.40 bits per heavy atom. The van der Waals surface area contributed by atoms with E-state index in [2.05, 4.69) is 0 Å². The van der Waals surface area contributed by atoms with Crippen LogP contribution in [-0.4, -0.2) is 6.26 Å². The summed E-state index contributed by atoms with van der Waals surface area (Å²) in [5, 5.41) is 0. The number of hydrogen-bond acceptors (Lipinski definition) is 2. The zero-order valence-electron chi connectivity index (χ0n) is 5.50. The standard InChI is InChI=1S/C7H7FOS/c1-10-9-7-4-2-6(8)3-5-7/h2-5H,1H3. The van der Waals surface area contributed by atoms with Gasteiger partial charge < -0.3 is 4.18 Å². The smallest absolute Gasteiger partial charge is 0.137 e. The van der Waals surface area contributed by atoms with E-state index in [1.165, 1.54) is 24.2 Å². The molecule has 0 radical (unpaired) electrons. The normalized spacial score (nSPS) is 9.40. The highest BCUT2D eigenvalue weighted by Gasteiger charge is 1.91. The van der Waals surface area contributed by atoms with Crippen LogP contribution in [0.2, 0.25) is 0 Å². The molecule has 1 rings (SSSR count). The number of hydrogen-bond donors (Lipinski definition) is 0. The summed E-state index contributed by atoms with van der Waals surface area (Å²) in [7, 11) is 0. The molecule has 1 aromatic rings. The van der Waals surface area contributed by atoms with E-state index in [0.717, 1.165) is 0 Å². The van der Waals surface area contributed by atoms with Gasteiger partial charge in [-0.15, -0.1) is 0 Å². The van der Waals surface area contributed by atoms with E-state index in [1.807, 2.05) is 6.26 Å². The maximum Gasteiger partial charge on any atom is 0.137 e. The Morgan fingerprint density at radius 1 is 1.30 bits per heavy atom. The maximum absolute atomic E-state index is 12.3. The monoisotopic (exact) mass is 158 g/mol. The molecule has 0 fully saturated rings. The third-order valence-corrected chi connectivity index (χ3v) is 1.35. The van der Waals surface area contributed by atoms with Crippen LogP contribution in [-0.2, 0) is 0 Å². The van der Waals surface area contributed by atoms with E-state index in [1.54, 1.807) is 12.1 Å². The zero-order chi connectivity index (χ0) is 7.40. The Balaban J connectivity index is 2.69. The van der Waals surface area contributed by atoms with Gasteiger partial charge in [0, 0.05) is 6.26 Å². The molecule has 1 aromatic carbocycles. The van der Waals surface area contributed by atoms with E-state index < -0.39 is 0 Å². The minimum absolute atomic E-state index is 0.242. The molecule has 1 nitrogen and oxygen atoms in total. The van der Waals surface area contributed by atoms with Crippen molar-refractivity contribution < 1.29 is 8.57 Å². The van der Waals surface area contributed by atoms with Gasteiger partial charge in [-0.05, 0) is 24.3 Å². The number of benzene rings is 1. The highest BCUT2D eigenvalue weighted by atomic mass is 32.2. The highest BCUT2D eigenvalue weighted by molar-refractivity contribution is 7.94. The van der Waals surface area contributed by atoms with E-state index in [0.29, 0.717) is 5.75 Å². The Hall–Kier alpha value is -0.700. The molecule has 0 heterocycles. The van der Waals surface area contributed by atoms with Crippen LogP contribution >= 0.6 is 12.0 Å². The van der Waals surface area contributed by atoms with Gasteiger partial charge >= 0.3 is 0 Å². The van der Waals surface area contributed by atoms with Crippen molar-refractivity contribution in [2.75, 3.05) is 6.26 Å². The molecule has 0 bridgehead atoms. The topological polar surface area (TPSA) is 9.23 Å². The van der Waals surface area contributed by atoms with Crippen LogP contribution in [0.1, 0.15) is 0 Å². The lowest BCUT2D eigenvalue weighted by atomic mass is 10.3. The number of rotatable bonds is 2. The fraction of sp³-hybridized carbons (Fsp3) is 0.143. The minimum atomic E-state index is -0.242. The second-order valence-corrected chi connectivity index (χ2v) is 2.20.